The summed E-state index contributed by atoms with van der Waals surface area (Å²) in [6, 6.07) is 8.10. The van der Waals surface area contributed by atoms with Gasteiger partial charge in [0.25, 0.3) is 0 Å². The van der Waals surface area contributed by atoms with Crippen LogP contribution < -0.4 is 10.6 Å². The van der Waals surface area contributed by atoms with Crippen molar-refractivity contribution in [1.29, 1.82) is 0 Å². The number of hydrogen-bond acceptors (Lipinski definition) is 2. The molecule has 0 atom stereocenters. The average molecular weight is 206 g/mol. The lowest BCUT2D eigenvalue weighted by Crippen LogP contribution is -2.18. The van der Waals surface area contributed by atoms with Crippen molar-refractivity contribution in [1.82, 2.24) is 5.32 Å². The first-order valence-corrected chi connectivity index (χ1v) is 5.29. The first-order chi connectivity index (χ1) is 7.22. The van der Waals surface area contributed by atoms with Gasteiger partial charge >= 0.3 is 0 Å². The zero-order valence-corrected chi connectivity index (χ0v) is 9.34. The summed E-state index contributed by atoms with van der Waals surface area (Å²) in [5, 5.41) is 6.09. The van der Waals surface area contributed by atoms with Crippen molar-refractivity contribution in [3.63, 3.8) is 0 Å². The number of nitrogens with one attached hydrogen (secondary N) is 2. The molecule has 0 heterocycles. The number of amides is 1. The summed E-state index contributed by atoms with van der Waals surface area (Å²) >= 11 is 0. The molecule has 0 aliphatic carbocycles. The van der Waals surface area contributed by atoms with Gasteiger partial charge in [0.2, 0.25) is 5.91 Å². The van der Waals surface area contributed by atoms with Crippen molar-refractivity contribution in [3.05, 3.63) is 29.8 Å². The molecular formula is C12H18N2O. The van der Waals surface area contributed by atoms with E-state index >= 15 is 0 Å². The summed E-state index contributed by atoms with van der Waals surface area (Å²) in [5.74, 6) is 0.00178. The SMILES string of the molecule is CCCNc1cccc(CNC(C)=O)c1. The number of carbonyl (C=O) groups excluding carboxylic acids is 1. The number of anilines is 1. The summed E-state index contributed by atoms with van der Waals surface area (Å²) in [5.41, 5.74) is 2.23. The van der Waals surface area contributed by atoms with Gasteiger partial charge in [0.05, 0.1) is 0 Å². The van der Waals surface area contributed by atoms with Crippen molar-refractivity contribution < 1.29 is 4.79 Å². The Morgan fingerprint density at radius 3 is 2.87 bits per heavy atom. The van der Waals surface area contributed by atoms with Gasteiger partial charge in [-0.1, -0.05) is 19.1 Å². The van der Waals surface area contributed by atoms with Gasteiger partial charge in [0.1, 0.15) is 0 Å². The molecule has 0 radical (unpaired) electrons. The Morgan fingerprint density at radius 1 is 1.40 bits per heavy atom. The molecule has 1 aromatic carbocycles. The molecule has 1 amide bonds. The highest BCUT2D eigenvalue weighted by Gasteiger charge is 1.96. The molecule has 0 aliphatic heterocycles. The van der Waals surface area contributed by atoms with E-state index in [4.69, 9.17) is 0 Å². The lowest BCUT2D eigenvalue weighted by atomic mass is 10.2. The minimum atomic E-state index is 0.00178. The predicted octanol–water partition coefficient (Wildman–Crippen LogP) is 2.14. The molecule has 82 valence electrons. The topological polar surface area (TPSA) is 41.1 Å². The summed E-state index contributed by atoms with van der Waals surface area (Å²) in [7, 11) is 0. The highest BCUT2D eigenvalue weighted by molar-refractivity contribution is 5.72. The standard InChI is InChI=1S/C12H18N2O/c1-3-7-13-12-6-4-5-11(8-12)9-14-10(2)15/h4-6,8,13H,3,7,9H2,1-2H3,(H,14,15). The number of hydrogen-bond donors (Lipinski definition) is 2. The zero-order chi connectivity index (χ0) is 11.1. The molecule has 15 heavy (non-hydrogen) atoms. The van der Waals surface area contributed by atoms with Crippen LogP contribution >= 0.6 is 0 Å². The highest BCUT2D eigenvalue weighted by atomic mass is 16.1. The van der Waals surface area contributed by atoms with Crippen molar-refractivity contribution >= 4 is 11.6 Å². The second kappa shape index (κ2) is 6.06. The van der Waals surface area contributed by atoms with Gasteiger partial charge in [-0.3, -0.25) is 4.79 Å². The molecule has 3 nitrogen and oxygen atoms in total. The lowest BCUT2D eigenvalue weighted by molar-refractivity contribution is -0.119. The van der Waals surface area contributed by atoms with Crippen LogP contribution in [0.5, 0.6) is 0 Å². The van der Waals surface area contributed by atoms with Crippen LogP contribution in [0.2, 0.25) is 0 Å². The van der Waals surface area contributed by atoms with E-state index in [0.717, 1.165) is 24.2 Å². The minimum Gasteiger partial charge on any atom is -0.385 e. The average Bonchev–Trinajstić information content (AvgIpc) is 2.24. The Kier molecular flexibility index (Phi) is 4.68. The van der Waals surface area contributed by atoms with Gasteiger partial charge in [-0.05, 0) is 24.1 Å². The third kappa shape index (κ3) is 4.49. The summed E-state index contributed by atoms with van der Waals surface area (Å²) in [4.78, 5) is 10.7. The van der Waals surface area contributed by atoms with Crippen molar-refractivity contribution in [2.75, 3.05) is 11.9 Å². The molecular weight excluding hydrogens is 188 g/mol. The molecule has 0 aromatic heterocycles. The molecule has 1 rings (SSSR count). The molecule has 0 fully saturated rings. The molecule has 0 aliphatic rings. The second-order valence-electron chi connectivity index (χ2n) is 3.54. The smallest absolute Gasteiger partial charge is 0.217 e. The fourth-order valence-electron chi connectivity index (χ4n) is 1.29. The Bertz CT molecular complexity index is 323. The first-order valence-electron chi connectivity index (χ1n) is 5.29. The molecule has 0 saturated carbocycles. The van der Waals surface area contributed by atoms with Gasteiger partial charge in [-0.15, -0.1) is 0 Å². The lowest BCUT2D eigenvalue weighted by Gasteiger charge is -2.07. The number of carbonyl (C=O) groups is 1. The highest BCUT2D eigenvalue weighted by Crippen LogP contribution is 2.10. The summed E-state index contributed by atoms with van der Waals surface area (Å²) < 4.78 is 0. The molecule has 0 saturated heterocycles. The van der Waals surface area contributed by atoms with Crippen LogP contribution in [-0.4, -0.2) is 12.5 Å². The van der Waals surface area contributed by atoms with Gasteiger partial charge in [-0.25, -0.2) is 0 Å². The quantitative estimate of drug-likeness (QED) is 0.775. The minimum absolute atomic E-state index is 0.00178. The number of rotatable bonds is 5. The third-order valence-electron chi connectivity index (χ3n) is 2.05. The molecule has 0 spiro atoms. The maximum Gasteiger partial charge on any atom is 0.217 e. The van der Waals surface area contributed by atoms with Gasteiger partial charge < -0.3 is 10.6 Å². The van der Waals surface area contributed by atoms with Crippen LogP contribution in [0, 0.1) is 0 Å². The molecule has 3 heteroatoms. The molecule has 0 unspecified atom stereocenters. The summed E-state index contributed by atoms with van der Waals surface area (Å²) in [6.45, 7) is 5.23. The van der Waals surface area contributed by atoms with Crippen LogP contribution in [0.15, 0.2) is 24.3 Å². The van der Waals surface area contributed by atoms with Gasteiger partial charge in [-0.2, -0.15) is 0 Å². The Labute approximate surface area is 90.9 Å². The first kappa shape index (κ1) is 11.6. The maximum atomic E-state index is 10.7. The second-order valence-corrected chi connectivity index (χ2v) is 3.54. The monoisotopic (exact) mass is 206 g/mol. The van der Waals surface area contributed by atoms with E-state index in [2.05, 4.69) is 23.6 Å². The fraction of sp³-hybridized carbons (Fsp3) is 0.417. The maximum absolute atomic E-state index is 10.7. The third-order valence-corrected chi connectivity index (χ3v) is 2.05. The normalized spacial score (nSPS) is 9.73. The predicted molar refractivity (Wildman–Crippen MR) is 62.7 cm³/mol. The van der Waals surface area contributed by atoms with E-state index in [1.54, 1.807) is 0 Å². The Morgan fingerprint density at radius 2 is 2.20 bits per heavy atom. The Balaban J connectivity index is 2.53. The van der Waals surface area contributed by atoms with Crippen molar-refractivity contribution in [3.8, 4) is 0 Å². The van der Waals surface area contributed by atoms with Crippen LogP contribution in [0.1, 0.15) is 25.8 Å². The van der Waals surface area contributed by atoms with E-state index in [0.29, 0.717) is 6.54 Å². The van der Waals surface area contributed by atoms with E-state index in [9.17, 15) is 4.79 Å². The van der Waals surface area contributed by atoms with Crippen LogP contribution in [0.3, 0.4) is 0 Å². The van der Waals surface area contributed by atoms with E-state index in [1.807, 2.05) is 18.2 Å². The van der Waals surface area contributed by atoms with Crippen LogP contribution in [-0.2, 0) is 11.3 Å². The van der Waals surface area contributed by atoms with Crippen LogP contribution in [0.25, 0.3) is 0 Å². The van der Waals surface area contributed by atoms with Crippen molar-refractivity contribution in [2.45, 2.75) is 26.8 Å². The molecule has 2 N–H and O–H groups in total. The molecule has 0 bridgehead atoms. The van der Waals surface area contributed by atoms with E-state index in [-0.39, 0.29) is 5.91 Å². The van der Waals surface area contributed by atoms with Gasteiger partial charge in [0, 0.05) is 25.7 Å². The van der Waals surface area contributed by atoms with Crippen LogP contribution in [0.4, 0.5) is 5.69 Å². The largest absolute Gasteiger partial charge is 0.385 e. The van der Waals surface area contributed by atoms with E-state index < -0.39 is 0 Å². The molecule has 1 aromatic rings. The fourth-order valence-corrected chi connectivity index (χ4v) is 1.29. The van der Waals surface area contributed by atoms with Gasteiger partial charge in [0.15, 0.2) is 0 Å². The Hall–Kier alpha value is -1.51. The number of benzene rings is 1. The zero-order valence-electron chi connectivity index (χ0n) is 9.34. The summed E-state index contributed by atoms with van der Waals surface area (Å²) in [6.07, 6.45) is 1.11. The van der Waals surface area contributed by atoms with Crippen molar-refractivity contribution in [2.24, 2.45) is 0 Å². The van der Waals surface area contributed by atoms with E-state index in [1.165, 1.54) is 6.92 Å².